The lowest BCUT2D eigenvalue weighted by molar-refractivity contribution is -0.00000251. The van der Waals surface area contributed by atoms with Crippen LogP contribution in [0, 0.1) is 0 Å². The van der Waals surface area contributed by atoms with Gasteiger partial charge in [-0.2, -0.15) is 0 Å². The minimum absolute atomic E-state index is 0. The molecule has 0 aliphatic rings. The average molecular weight is 288 g/mol. The Morgan fingerprint density at radius 2 is 1.27 bits per heavy atom. The lowest BCUT2D eigenvalue weighted by Crippen LogP contribution is -3.00. The van der Waals surface area contributed by atoms with Crippen LogP contribution >= 0.6 is 7.26 Å². The fraction of sp³-hybridized carbons (Fsp3) is 1.00. The molecule has 0 unspecified atom stereocenters. The summed E-state index contributed by atoms with van der Waals surface area (Å²) < 4.78 is 0. The molecule has 0 atom stereocenters. The topological polar surface area (TPSA) is 0 Å². The van der Waals surface area contributed by atoms with Crippen molar-refractivity contribution < 1.29 is 24.0 Å². The van der Waals surface area contributed by atoms with Crippen molar-refractivity contribution in [2.24, 2.45) is 0 Å². The van der Waals surface area contributed by atoms with Crippen LogP contribution in [0.25, 0.3) is 0 Å². The molecule has 0 bridgehead atoms. The Bertz CT molecular complexity index is 77.6. The SMILES string of the molecule is CCC[P+](C)(CC)CCC.[I-]. The normalized spacial score (nSPS) is 10.9. The molecule has 0 saturated heterocycles. The van der Waals surface area contributed by atoms with E-state index in [1.54, 1.807) is 0 Å². The Labute approximate surface area is 89.9 Å². The van der Waals surface area contributed by atoms with E-state index < -0.39 is 7.26 Å². The lowest BCUT2D eigenvalue weighted by atomic mass is 10.6. The van der Waals surface area contributed by atoms with Crippen LogP contribution in [0.3, 0.4) is 0 Å². The van der Waals surface area contributed by atoms with Crippen molar-refractivity contribution in [3.8, 4) is 0 Å². The Morgan fingerprint density at radius 3 is 1.45 bits per heavy atom. The molecule has 0 radical (unpaired) electrons. The summed E-state index contributed by atoms with van der Waals surface area (Å²) in [5.74, 6) is 0. The zero-order chi connectivity index (χ0) is 8.04. The van der Waals surface area contributed by atoms with Gasteiger partial charge in [-0.25, -0.2) is 0 Å². The summed E-state index contributed by atoms with van der Waals surface area (Å²) in [6.45, 7) is 9.51. The summed E-state index contributed by atoms with van der Waals surface area (Å²) in [6.07, 6.45) is 7.25. The maximum atomic E-state index is 2.53. The molecule has 0 aliphatic heterocycles. The van der Waals surface area contributed by atoms with Gasteiger partial charge >= 0.3 is 0 Å². The van der Waals surface area contributed by atoms with E-state index in [2.05, 4.69) is 27.4 Å². The van der Waals surface area contributed by atoms with Crippen LogP contribution in [0.15, 0.2) is 0 Å². The Morgan fingerprint density at radius 1 is 0.909 bits per heavy atom. The molecule has 0 aromatic heterocycles. The highest BCUT2D eigenvalue weighted by Crippen LogP contribution is 2.55. The molecule has 0 aromatic rings. The van der Waals surface area contributed by atoms with Crippen molar-refractivity contribution in [2.75, 3.05) is 25.2 Å². The van der Waals surface area contributed by atoms with Gasteiger partial charge < -0.3 is 24.0 Å². The van der Waals surface area contributed by atoms with Crippen molar-refractivity contribution in [1.29, 1.82) is 0 Å². The smallest absolute Gasteiger partial charge is 0.0588 e. The number of halogens is 1. The molecular formula is C9H22IP. The molecule has 0 heterocycles. The van der Waals surface area contributed by atoms with Gasteiger partial charge in [-0.1, -0.05) is 13.8 Å². The van der Waals surface area contributed by atoms with Gasteiger partial charge in [0.2, 0.25) is 0 Å². The van der Waals surface area contributed by atoms with E-state index in [4.69, 9.17) is 0 Å². The highest BCUT2D eigenvalue weighted by Gasteiger charge is 2.25. The molecule has 2 heteroatoms. The summed E-state index contributed by atoms with van der Waals surface area (Å²) in [5, 5.41) is 0. The first kappa shape index (κ1) is 14.7. The molecule has 0 N–H and O–H groups in total. The lowest BCUT2D eigenvalue weighted by Gasteiger charge is -2.19. The van der Waals surface area contributed by atoms with Crippen LogP contribution in [0.5, 0.6) is 0 Å². The zero-order valence-corrected chi connectivity index (χ0v) is 11.4. The highest BCUT2D eigenvalue weighted by atomic mass is 127. The molecule has 11 heavy (non-hydrogen) atoms. The zero-order valence-electron chi connectivity index (χ0n) is 8.36. The van der Waals surface area contributed by atoms with E-state index in [1.165, 1.54) is 31.3 Å². The van der Waals surface area contributed by atoms with Crippen molar-refractivity contribution in [2.45, 2.75) is 33.6 Å². The van der Waals surface area contributed by atoms with E-state index in [0.29, 0.717) is 0 Å². The third-order valence-corrected chi connectivity index (χ3v) is 6.87. The maximum absolute atomic E-state index is 2.53. The predicted molar refractivity (Wildman–Crippen MR) is 53.7 cm³/mol. The van der Waals surface area contributed by atoms with Crippen molar-refractivity contribution >= 4 is 7.26 Å². The van der Waals surface area contributed by atoms with Gasteiger partial charge in [0.25, 0.3) is 0 Å². The predicted octanol–water partition coefficient (Wildman–Crippen LogP) is 0.478. The first-order valence-electron chi connectivity index (χ1n) is 4.52. The van der Waals surface area contributed by atoms with Crippen molar-refractivity contribution in [1.82, 2.24) is 0 Å². The van der Waals surface area contributed by atoms with Crippen LogP contribution in [0.4, 0.5) is 0 Å². The minimum Gasteiger partial charge on any atom is -1.00 e. The second kappa shape index (κ2) is 7.79. The van der Waals surface area contributed by atoms with Gasteiger partial charge in [0, 0.05) is 13.9 Å². The average Bonchev–Trinajstić information content (AvgIpc) is 1.89. The summed E-state index contributed by atoms with van der Waals surface area (Å²) >= 11 is 0. The van der Waals surface area contributed by atoms with Crippen LogP contribution in [0.1, 0.15) is 33.6 Å². The maximum Gasteiger partial charge on any atom is 0.0588 e. The molecule has 0 aromatic carbocycles. The van der Waals surface area contributed by atoms with E-state index in [9.17, 15) is 0 Å². The number of hydrogen-bond donors (Lipinski definition) is 0. The number of rotatable bonds is 5. The second-order valence-corrected chi connectivity index (χ2v) is 8.15. The fourth-order valence-corrected chi connectivity index (χ4v) is 4.52. The summed E-state index contributed by atoms with van der Waals surface area (Å²) in [4.78, 5) is 0. The standard InChI is InChI=1S/C9H22P.HI/c1-5-8-10(4,7-3)9-6-2;/h5-9H2,1-4H3;1H/q+1;/p-1. The molecule has 0 fully saturated rings. The molecule has 0 nitrogen and oxygen atoms in total. The summed E-state index contributed by atoms with van der Waals surface area (Å²) in [6, 6.07) is 0. The van der Waals surface area contributed by atoms with E-state index in [-0.39, 0.29) is 24.0 Å². The minimum atomic E-state index is -0.450. The molecule has 70 valence electrons. The van der Waals surface area contributed by atoms with Crippen LogP contribution < -0.4 is 24.0 Å². The van der Waals surface area contributed by atoms with Gasteiger partial charge in [-0.15, -0.1) is 0 Å². The Hall–Kier alpha value is 1.16. The van der Waals surface area contributed by atoms with Gasteiger partial charge in [-0.3, -0.25) is 0 Å². The first-order valence-corrected chi connectivity index (χ1v) is 7.31. The van der Waals surface area contributed by atoms with Crippen LogP contribution in [-0.4, -0.2) is 25.2 Å². The third-order valence-electron chi connectivity index (χ3n) is 2.29. The van der Waals surface area contributed by atoms with Gasteiger partial charge in [0.15, 0.2) is 0 Å². The molecule has 0 aliphatic carbocycles. The molecule has 0 spiro atoms. The van der Waals surface area contributed by atoms with E-state index >= 15 is 0 Å². The molecular weight excluding hydrogens is 266 g/mol. The number of hydrogen-bond acceptors (Lipinski definition) is 0. The Balaban J connectivity index is 0. The highest BCUT2D eigenvalue weighted by molar-refractivity contribution is 7.75. The summed E-state index contributed by atoms with van der Waals surface area (Å²) in [7, 11) is -0.450. The van der Waals surface area contributed by atoms with Crippen molar-refractivity contribution in [3.05, 3.63) is 0 Å². The van der Waals surface area contributed by atoms with Gasteiger partial charge in [0.1, 0.15) is 0 Å². The van der Waals surface area contributed by atoms with Crippen LogP contribution in [-0.2, 0) is 0 Å². The first-order chi connectivity index (χ1) is 4.68. The fourth-order valence-electron chi connectivity index (χ4n) is 1.51. The third kappa shape index (κ3) is 6.33. The molecule has 0 amide bonds. The van der Waals surface area contributed by atoms with E-state index in [1.807, 2.05) is 0 Å². The van der Waals surface area contributed by atoms with Crippen LogP contribution in [0.2, 0.25) is 0 Å². The quantitative estimate of drug-likeness (QED) is 0.510. The molecule has 0 rings (SSSR count). The largest absolute Gasteiger partial charge is 1.00 e. The molecule has 0 saturated carbocycles. The van der Waals surface area contributed by atoms with Gasteiger partial charge in [0.05, 0.1) is 18.5 Å². The van der Waals surface area contributed by atoms with Gasteiger partial charge in [-0.05, 0) is 19.8 Å². The van der Waals surface area contributed by atoms with Crippen molar-refractivity contribution in [3.63, 3.8) is 0 Å². The Kier molecular flexibility index (Phi) is 10.4. The van der Waals surface area contributed by atoms with E-state index in [0.717, 1.165) is 0 Å². The summed E-state index contributed by atoms with van der Waals surface area (Å²) in [5.41, 5.74) is 0. The second-order valence-electron chi connectivity index (χ2n) is 3.38. The monoisotopic (exact) mass is 288 g/mol.